The molecular formula is C10H17ClN4O2. The predicted molar refractivity (Wildman–Crippen MR) is 65.0 cm³/mol. The molecule has 17 heavy (non-hydrogen) atoms. The number of likely N-dealkylation sites (N-methyl/N-ethyl adjacent to an activating group) is 1. The topological polar surface area (TPSA) is 71.3 Å². The molecule has 7 heteroatoms. The minimum atomic E-state index is -0.0764. The molecule has 0 fully saturated rings. The summed E-state index contributed by atoms with van der Waals surface area (Å²) in [7, 11) is 0. The van der Waals surface area contributed by atoms with Gasteiger partial charge in [0.1, 0.15) is 12.4 Å². The Kier molecular flexibility index (Phi) is 5.21. The summed E-state index contributed by atoms with van der Waals surface area (Å²) < 4.78 is 5.28. The van der Waals surface area contributed by atoms with Crippen molar-refractivity contribution in [2.75, 3.05) is 18.0 Å². The minimum absolute atomic E-state index is 0.0764. The summed E-state index contributed by atoms with van der Waals surface area (Å²) in [5.74, 6) is 0.444. The summed E-state index contributed by atoms with van der Waals surface area (Å²) in [6.07, 6.45) is 0. The molecule has 1 N–H and O–H groups in total. The summed E-state index contributed by atoms with van der Waals surface area (Å²) in [4.78, 5) is 13.3. The lowest BCUT2D eigenvalue weighted by Crippen LogP contribution is -2.40. The van der Waals surface area contributed by atoms with Crippen molar-refractivity contribution in [2.45, 2.75) is 32.7 Å². The Bertz CT molecular complexity index is 367. The van der Waals surface area contributed by atoms with Gasteiger partial charge in [-0.05, 0) is 20.8 Å². The van der Waals surface area contributed by atoms with Crippen LogP contribution in [0.3, 0.4) is 0 Å². The molecule has 0 bridgehead atoms. The highest BCUT2D eigenvalue weighted by atomic mass is 35.5. The van der Waals surface area contributed by atoms with E-state index in [-0.39, 0.29) is 24.4 Å². The summed E-state index contributed by atoms with van der Waals surface area (Å²) >= 11 is 5.57. The van der Waals surface area contributed by atoms with Crippen molar-refractivity contribution >= 4 is 23.5 Å². The van der Waals surface area contributed by atoms with Crippen molar-refractivity contribution in [3.8, 4) is 0 Å². The van der Waals surface area contributed by atoms with Crippen LogP contribution >= 0.6 is 11.6 Å². The second-order valence-electron chi connectivity index (χ2n) is 3.85. The lowest BCUT2D eigenvalue weighted by molar-refractivity contribution is -0.120. The number of nitrogens with zero attached hydrogens (tertiary/aromatic N) is 3. The number of carbonyl (C=O) groups is 1. The normalized spacial score (nSPS) is 10.6. The molecular weight excluding hydrogens is 244 g/mol. The number of amides is 1. The second kappa shape index (κ2) is 6.44. The SMILES string of the molecule is CCN(CC(=O)NC(C)C)c1nnc(CCl)o1. The lowest BCUT2D eigenvalue weighted by Gasteiger charge is -2.18. The van der Waals surface area contributed by atoms with E-state index < -0.39 is 0 Å². The van der Waals surface area contributed by atoms with Crippen molar-refractivity contribution in [3.63, 3.8) is 0 Å². The van der Waals surface area contributed by atoms with E-state index in [4.69, 9.17) is 16.0 Å². The standard InChI is InChI=1S/C10H17ClN4O2/c1-4-15(6-8(16)12-7(2)3)10-14-13-9(5-11)17-10/h7H,4-6H2,1-3H3,(H,12,16). The average Bonchev–Trinajstić information content (AvgIpc) is 2.73. The second-order valence-corrected chi connectivity index (χ2v) is 4.12. The maximum atomic E-state index is 11.6. The highest BCUT2D eigenvalue weighted by Gasteiger charge is 2.16. The van der Waals surface area contributed by atoms with Gasteiger partial charge in [-0.15, -0.1) is 16.7 Å². The Labute approximate surface area is 105 Å². The third-order valence-electron chi connectivity index (χ3n) is 2.01. The van der Waals surface area contributed by atoms with Crippen molar-refractivity contribution in [3.05, 3.63) is 5.89 Å². The molecule has 1 amide bonds. The van der Waals surface area contributed by atoms with Crippen molar-refractivity contribution in [2.24, 2.45) is 0 Å². The van der Waals surface area contributed by atoms with Gasteiger partial charge in [-0.3, -0.25) is 4.79 Å². The van der Waals surface area contributed by atoms with E-state index in [1.165, 1.54) is 0 Å². The van der Waals surface area contributed by atoms with Gasteiger partial charge in [0.05, 0.1) is 0 Å². The summed E-state index contributed by atoms with van der Waals surface area (Å²) in [5, 5.41) is 10.4. The highest BCUT2D eigenvalue weighted by molar-refractivity contribution is 6.16. The largest absolute Gasteiger partial charge is 0.407 e. The van der Waals surface area contributed by atoms with Gasteiger partial charge in [-0.1, -0.05) is 5.10 Å². The zero-order valence-corrected chi connectivity index (χ0v) is 11.0. The van der Waals surface area contributed by atoms with Gasteiger partial charge >= 0.3 is 6.01 Å². The molecule has 0 aliphatic carbocycles. The van der Waals surface area contributed by atoms with Gasteiger partial charge in [-0.2, -0.15) is 0 Å². The number of hydrogen-bond acceptors (Lipinski definition) is 5. The first-order chi connectivity index (χ1) is 8.06. The Hall–Kier alpha value is -1.30. The Morgan fingerprint density at radius 2 is 2.24 bits per heavy atom. The van der Waals surface area contributed by atoms with Crippen LogP contribution in [0.2, 0.25) is 0 Å². The molecule has 1 aromatic rings. The van der Waals surface area contributed by atoms with Crippen LogP contribution in [0.5, 0.6) is 0 Å². The van der Waals surface area contributed by atoms with E-state index in [2.05, 4.69) is 15.5 Å². The van der Waals surface area contributed by atoms with Gasteiger partial charge in [0.25, 0.3) is 0 Å². The molecule has 1 rings (SSSR count). The molecule has 1 heterocycles. The fraction of sp³-hybridized carbons (Fsp3) is 0.700. The van der Waals surface area contributed by atoms with Crippen LogP contribution in [-0.2, 0) is 10.7 Å². The number of aromatic nitrogens is 2. The number of nitrogens with one attached hydrogen (secondary N) is 1. The molecule has 96 valence electrons. The van der Waals surface area contributed by atoms with Crippen LogP contribution in [0.25, 0.3) is 0 Å². The number of alkyl halides is 1. The first-order valence-electron chi connectivity index (χ1n) is 5.49. The van der Waals surface area contributed by atoms with E-state index in [0.29, 0.717) is 18.5 Å². The van der Waals surface area contributed by atoms with E-state index in [9.17, 15) is 4.79 Å². The van der Waals surface area contributed by atoms with Crippen molar-refractivity contribution in [1.82, 2.24) is 15.5 Å². The third-order valence-corrected chi connectivity index (χ3v) is 2.24. The van der Waals surface area contributed by atoms with Crippen LogP contribution in [-0.4, -0.2) is 35.2 Å². The highest BCUT2D eigenvalue weighted by Crippen LogP contribution is 2.12. The molecule has 6 nitrogen and oxygen atoms in total. The minimum Gasteiger partial charge on any atom is -0.407 e. The van der Waals surface area contributed by atoms with Crippen LogP contribution in [0.1, 0.15) is 26.7 Å². The summed E-state index contributed by atoms with van der Waals surface area (Å²) in [6, 6.07) is 0.435. The molecule has 0 spiro atoms. The summed E-state index contributed by atoms with van der Waals surface area (Å²) in [6.45, 7) is 6.53. The number of rotatable bonds is 6. The molecule has 0 unspecified atom stereocenters. The number of anilines is 1. The molecule has 1 aromatic heterocycles. The fourth-order valence-electron chi connectivity index (χ4n) is 1.28. The fourth-order valence-corrected chi connectivity index (χ4v) is 1.39. The van der Waals surface area contributed by atoms with Crippen molar-refractivity contribution < 1.29 is 9.21 Å². The zero-order valence-electron chi connectivity index (χ0n) is 10.2. The van der Waals surface area contributed by atoms with E-state index in [1.807, 2.05) is 20.8 Å². The Balaban J connectivity index is 2.62. The quantitative estimate of drug-likeness (QED) is 0.777. The van der Waals surface area contributed by atoms with Crippen LogP contribution < -0.4 is 10.2 Å². The Morgan fingerprint density at radius 1 is 1.53 bits per heavy atom. The molecule has 0 atom stereocenters. The molecule has 0 saturated carbocycles. The number of carbonyl (C=O) groups excluding carboxylic acids is 1. The van der Waals surface area contributed by atoms with Gasteiger partial charge in [-0.25, -0.2) is 0 Å². The lowest BCUT2D eigenvalue weighted by atomic mass is 10.4. The Morgan fingerprint density at radius 3 is 2.71 bits per heavy atom. The smallest absolute Gasteiger partial charge is 0.318 e. The maximum absolute atomic E-state index is 11.6. The molecule has 0 saturated heterocycles. The number of halogens is 1. The van der Waals surface area contributed by atoms with E-state index in [1.54, 1.807) is 4.90 Å². The average molecular weight is 261 g/mol. The first-order valence-corrected chi connectivity index (χ1v) is 6.03. The molecule has 0 radical (unpaired) electrons. The maximum Gasteiger partial charge on any atom is 0.318 e. The van der Waals surface area contributed by atoms with Crippen molar-refractivity contribution in [1.29, 1.82) is 0 Å². The van der Waals surface area contributed by atoms with Gasteiger partial charge in [0, 0.05) is 12.6 Å². The molecule has 0 aromatic carbocycles. The van der Waals surface area contributed by atoms with Gasteiger partial charge < -0.3 is 14.6 Å². The number of hydrogen-bond donors (Lipinski definition) is 1. The monoisotopic (exact) mass is 260 g/mol. The van der Waals surface area contributed by atoms with Crippen LogP contribution in [0.15, 0.2) is 4.42 Å². The van der Waals surface area contributed by atoms with Crippen LogP contribution in [0.4, 0.5) is 6.01 Å². The third kappa shape index (κ3) is 4.22. The first kappa shape index (κ1) is 13.8. The summed E-state index contributed by atoms with van der Waals surface area (Å²) in [5.41, 5.74) is 0. The zero-order chi connectivity index (χ0) is 12.8. The van der Waals surface area contributed by atoms with Gasteiger partial charge in [0.15, 0.2) is 0 Å². The van der Waals surface area contributed by atoms with E-state index in [0.717, 1.165) is 0 Å². The molecule has 0 aliphatic heterocycles. The molecule has 0 aliphatic rings. The van der Waals surface area contributed by atoms with Gasteiger partial charge in [0.2, 0.25) is 11.8 Å². The predicted octanol–water partition coefficient (Wildman–Crippen LogP) is 1.16. The van der Waals surface area contributed by atoms with Crippen LogP contribution in [0, 0.1) is 0 Å². The van der Waals surface area contributed by atoms with E-state index >= 15 is 0 Å².